The Morgan fingerprint density at radius 1 is 1.29 bits per heavy atom. The van der Waals surface area contributed by atoms with Gasteiger partial charge in [-0.25, -0.2) is 4.98 Å². The molecule has 0 fully saturated rings. The standard InChI is InChI=1S/C13H13N3O/c14-8-10-3-1-5-16-12(10)9-15-13(16)7-11-4-2-6-17-11/h1-6,9H,7-8,14H2. The summed E-state index contributed by atoms with van der Waals surface area (Å²) in [5.41, 5.74) is 7.87. The highest BCUT2D eigenvalue weighted by Gasteiger charge is 2.08. The van der Waals surface area contributed by atoms with Gasteiger partial charge in [-0.1, -0.05) is 6.07 Å². The molecule has 2 N–H and O–H groups in total. The SMILES string of the molecule is NCc1cccn2c(Cc3ccco3)ncc12. The Hall–Kier alpha value is -2.07. The van der Waals surface area contributed by atoms with Gasteiger partial charge in [0.1, 0.15) is 11.6 Å². The van der Waals surface area contributed by atoms with Crippen LogP contribution in [0.2, 0.25) is 0 Å². The third-order valence-electron chi connectivity index (χ3n) is 2.87. The lowest BCUT2D eigenvalue weighted by Gasteiger charge is -2.02. The number of hydrogen-bond donors (Lipinski definition) is 1. The monoisotopic (exact) mass is 227 g/mol. The fourth-order valence-electron chi connectivity index (χ4n) is 2.01. The van der Waals surface area contributed by atoms with Crippen molar-refractivity contribution in [2.24, 2.45) is 5.73 Å². The van der Waals surface area contributed by atoms with Gasteiger partial charge in [0, 0.05) is 12.7 Å². The zero-order chi connectivity index (χ0) is 11.7. The summed E-state index contributed by atoms with van der Waals surface area (Å²) in [4.78, 5) is 4.43. The smallest absolute Gasteiger partial charge is 0.120 e. The number of nitrogens with zero attached hydrogens (tertiary/aromatic N) is 2. The van der Waals surface area contributed by atoms with E-state index in [1.54, 1.807) is 6.26 Å². The molecule has 0 radical (unpaired) electrons. The molecule has 0 spiro atoms. The molecule has 0 bridgehead atoms. The zero-order valence-corrected chi connectivity index (χ0v) is 9.34. The highest BCUT2D eigenvalue weighted by atomic mass is 16.3. The van der Waals surface area contributed by atoms with Gasteiger partial charge in [0.05, 0.1) is 24.4 Å². The second-order valence-corrected chi connectivity index (χ2v) is 3.92. The first-order valence-electron chi connectivity index (χ1n) is 5.55. The van der Waals surface area contributed by atoms with E-state index >= 15 is 0 Å². The van der Waals surface area contributed by atoms with Gasteiger partial charge in [0.25, 0.3) is 0 Å². The van der Waals surface area contributed by atoms with Crippen molar-refractivity contribution in [1.82, 2.24) is 9.38 Å². The molecule has 0 aliphatic carbocycles. The Morgan fingerprint density at radius 3 is 3.00 bits per heavy atom. The van der Waals surface area contributed by atoms with Crippen molar-refractivity contribution in [3.8, 4) is 0 Å². The zero-order valence-electron chi connectivity index (χ0n) is 9.34. The third kappa shape index (κ3) is 1.72. The molecule has 4 nitrogen and oxygen atoms in total. The van der Waals surface area contributed by atoms with Crippen LogP contribution in [0.15, 0.2) is 47.3 Å². The van der Waals surface area contributed by atoms with Crippen LogP contribution in [-0.4, -0.2) is 9.38 Å². The molecule has 0 atom stereocenters. The maximum Gasteiger partial charge on any atom is 0.120 e. The second-order valence-electron chi connectivity index (χ2n) is 3.92. The van der Waals surface area contributed by atoms with E-state index in [1.807, 2.05) is 36.7 Å². The molecule has 0 saturated carbocycles. The van der Waals surface area contributed by atoms with Crippen LogP contribution in [0, 0.1) is 0 Å². The van der Waals surface area contributed by atoms with E-state index in [4.69, 9.17) is 10.2 Å². The molecule has 0 aliphatic rings. The first-order valence-corrected chi connectivity index (χ1v) is 5.55. The van der Waals surface area contributed by atoms with Crippen molar-refractivity contribution in [3.63, 3.8) is 0 Å². The van der Waals surface area contributed by atoms with E-state index in [0.29, 0.717) is 13.0 Å². The molecule has 0 saturated heterocycles. The normalized spacial score (nSPS) is 11.1. The first kappa shape index (κ1) is 10.1. The van der Waals surface area contributed by atoms with E-state index < -0.39 is 0 Å². The Labute approximate surface area is 98.7 Å². The largest absolute Gasteiger partial charge is 0.469 e. The lowest BCUT2D eigenvalue weighted by Crippen LogP contribution is -2.00. The van der Waals surface area contributed by atoms with Crippen LogP contribution in [0.25, 0.3) is 5.52 Å². The highest BCUT2D eigenvalue weighted by molar-refractivity contribution is 5.54. The number of hydrogen-bond acceptors (Lipinski definition) is 3. The average molecular weight is 227 g/mol. The summed E-state index contributed by atoms with van der Waals surface area (Å²) in [7, 11) is 0. The molecule has 0 unspecified atom stereocenters. The van der Waals surface area contributed by atoms with Crippen molar-refractivity contribution in [2.45, 2.75) is 13.0 Å². The van der Waals surface area contributed by atoms with Crippen LogP contribution < -0.4 is 5.73 Å². The van der Waals surface area contributed by atoms with Gasteiger partial charge in [0.15, 0.2) is 0 Å². The van der Waals surface area contributed by atoms with E-state index in [0.717, 1.165) is 22.7 Å². The van der Waals surface area contributed by atoms with Gasteiger partial charge in [-0.05, 0) is 23.8 Å². The summed E-state index contributed by atoms with van der Waals surface area (Å²) in [6, 6.07) is 7.85. The van der Waals surface area contributed by atoms with Crippen LogP contribution in [0.4, 0.5) is 0 Å². The molecular weight excluding hydrogens is 214 g/mol. The lowest BCUT2D eigenvalue weighted by molar-refractivity contribution is 0.516. The van der Waals surface area contributed by atoms with Crippen molar-refractivity contribution in [1.29, 1.82) is 0 Å². The number of rotatable bonds is 3. The van der Waals surface area contributed by atoms with Crippen molar-refractivity contribution < 1.29 is 4.42 Å². The van der Waals surface area contributed by atoms with Gasteiger partial charge in [-0.3, -0.25) is 0 Å². The molecule has 4 heteroatoms. The summed E-state index contributed by atoms with van der Waals surface area (Å²) in [5, 5.41) is 0. The van der Waals surface area contributed by atoms with Crippen LogP contribution in [0.1, 0.15) is 17.1 Å². The topological polar surface area (TPSA) is 56.5 Å². The molecule has 3 heterocycles. The predicted octanol–water partition coefficient (Wildman–Crippen LogP) is 1.98. The molecule has 17 heavy (non-hydrogen) atoms. The van der Waals surface area contributed by atoms with Crippen molar-refractivity contribution >= 4 is 5.52 Å². The minimum atomic E-state index is 0.524. The minimum absolute atomic E-state index is 0.524. The number of fused-ring (bicyclic) bond motifs is 1. The number of pyridine rings is 1. The van der Waals surface area contributed by atoms with Gasteiger partial charge in [0.2, 0.25) is 0 Å². The van der Waals surface area contributed by atoms with Crippen molar-refractivity contribution in [2.75, 3.05) is 0 Å². The maximum absolute atomic E-state index is 5.70. The summed E-state index contributed by atoms with van der Waals surface area (Å²) >= 11 is 0. The van der Waals surface area contributed by atoms with Crippen LogP contribution in [0.3, 0.4) is 0 Å². The molecule has 0 aromatic carbocycles. The van der Waals surface area contributed by atoms with E-state index in [2.05, 4.69) is 9.38 Å². The molecular formula is C13H13N3O. The number of aromatic nitrogens is 2. The van der Waals surface area contributed by atoms with Crippen molar-refractivity contribution in [3.05, 3.63) is 60.1 Å². The minimum Gasteiger partial charge on any atom is -0.469 e. The predicted molar refractivity (Wildman–Crippen MR) is 64.6 cm³/mol. The summed E-state index contributed by atoms with van der Waals surface area (Å²) in [5.74, 6) is 1.88. The molecule has 3 rings (SSSR count). The fraction of sp³-hybridized carbons (Fsp3) is 0.154. The quantitative estimate of drug-likeness (QED) is 0.744. The van der Waals surface area contributed by atoms with Crippen LogP contribution in [-0.2, 0) is 13.0 Å². The fourth-order valence-corrected chi connectivity index (χ4v) is 2.01. The Kier molecular flexibility index (Phi) is 2.42. The van der Waals surface area contributed by atoms with E-state index in [9.17, 15) is 0 Å². The van der Waals surface area contributed by atoms with Gasteiger partial charge in [-0.2, -0.15) is 0 Å². The van der Waals surface area contributed by atoms with Crippen LogP contribution in [0.5, 0.6) is 0 Å². The lowest BCUT2D eigenvalue weighted by atomic mass is 10.2. The second kappa shape index (κ2) is 4.07. The molecule has 0 amide bonds. The Bertz CT molecular complexity index is 625. The van der Waals surface area contributed by atoms with E-state index in [-0.39, 0.29) is 0 Å². The molecule has 3 aromatic rings. The first-order chi connectivity index (χ1) is 8.38. The number of imidazole rings is 1. The van der Waals surface area contributed by atoms with Gasteiger partial charge < -0.3 is 14.6 Å². The van der Waals surface area contributed by atoms with Crippen LogP contribution >= 0.6 is 0 Å². The summed E-state index contributed by atoms with van der Waals surface area (Å²) in [6.07, 6.45) is 6.23. The molecule has 3 aromatic heterocycles. The number of furan rings is 1. The number of nitrogens with two attached hydrogens (primary N) is 1. The van der Waals surface area contributed by atoms with Gasteiger partial charge in [-0.15, -0.1) is 0 Å². The van der Waals surface area contributed by atoms with Gasteiger partial charge >= 0.3 is 0 Å². The third-order valence-corrected chi connectivity index (χ3v) is 2.87. The Balaban J connectivity index is 2.06. The highest BCUT2D eigenvalue weighted by Crippen LogP contribution is 2.15. The average Bonchev–Trinajstić information content (AvgIpc) is 2.99. The Morgan fingerprint density at radius 2 is 2.24 bits per heavy atom. The summed E-state index contributed by atoms with van der Waals surface area (Å²) < 4.78 is 7.39. The summed E-state index contributed by atoms with van der Waals surface area (Å²) in [6.45, 7) is 0.524. The molecule has 86 valence electrons. The van der Waals surface area contributed by atoms with E-state index in [1.165, 1.54) is 0 Å². The maximum atomic E-state index is 5.70. The molecule has 0 aliphatic heterocycles.